The molecule has 1 amide bonds. The first kappa shape index (κ1) is 18.6. The van der Waals surface area contributed by atoms with Gasteiger partial charge in [-0.2, -0.15) is 0 Å². The van der Waals surface area contributed by atoms with Crippen LogP contribution in [-0.2, 0) is 14.3 Å². The molecule has 122 valence electrons. The summed E-state index contributed by atoms with van der Waals surface area (Å²) in [6, 6.07) is 4.74. The van der Waals surface area contributed by atoms with Gasteiger partial charge in [-0.1, -0.05) is 30.1 Å². The Hall–Kier alpha value is -1.46. The van der Waals surface area contributed by atoms with Gasteiger partial charge < -0.3 is 14.8 Å². The fraction of sp³-hybridized carbons (Fsp3) is 0.467. The molecule has 1 aromatic carbocycles. The number of carbonyl (C=O) groups excluding carboxylic acids is 2. The summed E-state index contributed by atoms with van der Waals surface area (Å²) < 4.78 is 10.3. The molecule has 0 aliphatic carbocycles. The monoisotopic (exact) mass is 347 g/mol. The molecule has 1 N–H and O–H groups in total. The van der Waals surface area contributed by atoms with Crippen LogP contribution in [-0.4, -0.2) is 31.1 Å². The van der Waals surface area contributed by atoms with Crippen LogP contribution < -0.4 is 10.1 Å². The number of halogens is 2. The van der Waals surface area contributed by atoms with Gasteiger partial charge in [-0.15, -0.1) is 0 Å². The molecule has 0 saturated heterocycles. The normalized spacial score (nSPS) is 11.9. The van der Waals surface area contributed by atoms with Crippen molar-refractivity contribution in [1.82, 2.24) is 5.32 Å². The molecule has 0 saturated carbocycles. The lowest BCUT2D eigenvalue weighted by Gasteiger charge is -2.14. The fourth-order valence-corrected chi connectivity index (χ4v) is 1.82. The van der Waals surface area contributed by atoms with Gasteiger partial charge in [0.2, 0.25) is 0 Å². The number of nitrogens with one attached hydrogen (secondary N) is 1. The van der Waals surface area contributed by atoms with Crippen LogP contribution in [0.2, 0.25) is 10.0 Å². The Morgan fingerprint density at radius 1 is 1.23 bits per heavy atom. The molecule has 0 aliphatic rings. The van der Waals surface area contributed by atoms with Crippen LogP contribution in [0.1, 0.15) is 20.8 Å². The van der Waals surface area contributed by atoms with Gasteiger partial charge in [0.1, 0.15) is 5.75 Å². The van der Waals surface area contributed by atoms with Gasteiger partial charge in [-0.3, -0.25) is 9.59 Å². The second-order valence-electron chi connectivity index (χ2n) is 5.05. The Balaban J connectivity index is 2.37. The van der Waals surface area contributed by atoms with Crippen molar-refractivity contribution in [3.05, 3.63) is 28.2 Å². The first-order chi connectivity index (χ1) is 10.3. The van der Waals surface area contributed by atoms with Crippen LogP contribution >= 0.6 is 23.2 Å². The van der Waals surface area contributed by atoms with E-state index in [1.54, 1.807) is 32.9 Å². The van der Waals surface area contributed by atoms with E-state index >= 15 is 0 Å². The highest BCUT2D eigenvalue weighted by molar-refractivity contribution is 6.34. The van der Waals surface area contributed by atoms with E-state index in [0.29, 0.717) is 15.8 Å². The maximum absolute atomic E-state index is 11.7. The number of benzene rings is 1. The van der Waals surface area contributed by atoms with Crippen molar-refractivity contribution in [2.45, 2.75) is 26.9 Å². The molecule has 0 bridgehead atoms. The molecule has 0 unspecified atom stereocenters. The van der Waals surface area contributed by atoms with E-state index in [4.69, 9.17) is 32.7 Å². The maximum atomic E-state index is 11.7. The highest BCUT2D eigenvalue weighted by Gasteiger charge is 2.17. The fourth-order valence-electron chi connectivity index (χ4n) is 1.48. The molecular weight excluding hydrogens is 329 g/mol. The van der Waals surface area contributed by atoms with Crippen molar-refractivity contribution >= 4 is 35.1 Å². The van der Waals surface area contributed by atoms with E-state index in [-0.39, 0.29) is 31.1 Å². The molecule has 0 radical (unpaired) electrons. The topological polar surface area (TPSA) is 64.6 Å². The van der Waals surface area contributed by atoms with Gasteiger partial charge >= 0.3 is 5.97 Å². The van der Waals surface area contributed by atoms with Crippen molar-refractivity contribution < 1.29 is 19.1 Å². The lowest BCUT2D eigenvalue weighted by atomic mass is 10.2. The minimum absolute atomic E-state index is 0.178. The predicted octanol–water partition coefficient (Wildman–Crippen LogP) is 3.08. The highest BCUT2D eigenvalue weighted by Crippen LogP contribution is 2.27. The van der Waals surface area contributed by atoms with Crippen molar-refractivity contribution in [1.29, 1.82) is 0 Å². The number of esters is 1. The molecule has 22 heavy (non-hydrogen) atoms. The zero-order chi connectivity index (χ0) is 16.7. The third-order valence-electron chi connectivity index (χ3n) is 2.61. The first-order valence-corrected chi connectivity index (χ1v) is 7.60. The third kappa shape index (κ3) is 6.54. The quantitative estimate of drug-likeness (QED) is 0.769. The molecule has 1 aromatic rings. The molecule has 0 aliphatic heterocycles. The molecule has 0 spiro atoms. The van der Waals surface area contributed by atoms with Crippen molar-refractivity contribution in [3.8, 4) is 5.75 Å². The van der Waals surface area contributed by atoms with Crippen LogP contribution in [0, 0.1) is 5.92 Å². The van der Waals surface area contributed by atoms with Gasteiger partial charge in [-0.25, -0.2) is 0 Å². The number of hydrogen-bond donors (Lipinski definition) is 1. The summed E-state index contributed by atoms with van der Waals surface area (Å²) in [6.07, 6.45) is -0.182. The van der Waals surface area contributed by atoms with Crippen molar-refractivity contribution in [3.63, 3.8) is 0 Å². The Labute approximate surface area is 139 Å². The van der Waals surface area contributed by atoms with Crippen LogP contribution in [0.5, 0.6) is 5.75 Å². The first-order valence-electron chi connectivity index (χ1n) is 6.84. The van der Waals surface area contributed by atoms with Crippen LogP contribution in [0.4, 0.5) is 0 Å². The molecule has 0 aromatic heterocycles. The molecule has 7 heteroatoms. The zero-order valence-corrected chi connectivity index (χ0v) is 14.2. The zero-order valence-electron chi connectivity index (χ0n) is 12.7. The van der Waals surface area contributed by atoms with E-state index in [2.05, 4.69) is 5.32 Å². The number of ether oxygens (including phenoxy) is 2. The summed E-state index contributed by atoms with van der Waals surface area (Å²) in [5.74, 6) is -0.813. The Morgan fingerprint density at radius 2 is 1.91 bits per heavy atom. The summed E-state index contributed by atoms with van der Waals surface area (Å²) in [5.41, 5.74) is 0. The molecule has 0 fully saturated rings. The Kier molecular flexibility index (Phi) is 7.48. The van der Waals surface area contributed by atoms with Crippen molar-refractivity contribution in [2.75, 3.05) is 13.2 Å². The van der Waals surface area contributed by atoms with E-state index in [9.17, 15) is 9.59 Å². The summed E-state index contributed by atoms with van der Waals surface area (Å²) in [7, 11) is 0. The number of carbonyl (C=O) groups is 2. The summed E-state index contributed by atoms with van der Waals surface area (Å²) in [6.45, 7) is 5.18. The average Bonchev–Trinajstić information content (AvgIpc) is 2.44. The highest BCUT2D eigenvalue weighted by atomic mass is 35.5. The van der Waals surface area contributed by atoms with Crippen LogP contribution in [0.3, 0.4) is 0 Å². The third-order valence-corrected chi connectivity index (χ3v) is 3.16. The minimum Gasteiger partial charge on any atom is -0.482 e. The SMILES string of the molecule is CC(C)OC(=O)[C@H](C)CNC(=O)COc1cc(Cl)ccc1Cl. The van der Waals surface area contributed by atoms with Gasteiger partial charge in [0.25, 0.3) is 5.91 Å². The molecule has 0 heterocycles. The van der Waals surface area contributed by atoms with Gasteiger partial charge in [0.05, 0.1) is 17.0 Å². The number of amides is 1. The second kappa shape index (κ2) is 8.86. The lowest BCUT2D eigenvalue weighted by Crippen LogP contribution is -2.35. The second-order valence-corrected chi connectivity index (χ2v) is 5.90. The van der Waals surface area contributed by atoms with Gasteiger partial charge in [-0.05, 0) is 26.0 Å². The summed E-state index contributed by atoms with van der Waals surface area (Å²) >= 11 is 11.7. The largest absolute Gasteiger partial charge is 0.482 e. The van der Waals surface area contributed by atoms with E-state index < -0.39 is 5.92 Å². The smallest absolute Gasteiger partial charge is 0.310 e. The standard InChI is InChI=1S/C15H19Cl2NO4/c1-9(2)22-15(20)10(3)7-18-14(19)8-21-13-6-11(16)4-5-12(13)17/h4-6,9-10H,7-8H2,1-3H3,(H,18,19)/t10-/m1/s1. The molecule has 5 nitrogen and oxygen atoms in total. The number of rotatable bonds is 7. The van der Waals surface area contributed by atoms with Crippen LogP contribution in [0.15, 0.2) is 18.2 Å². The predicted molar refractivity (Wildman–Crippen MR) is 85.4 cm³/mol. The van der Waals surface area contributed by atoms with Gasteiger partial charge in [0, 0.05) is 17.6 Å². The molecule has 1 atom stereocenters. The summed E-state index contributed by atoms with van der Waals surface area (Å²) in [4.78, 5) is 23.3. The van der Waals surface area contributed by atoms with Crippen LogP contribution in [0.25, 0.3) is 0 Å². The Bertz CT molecular complexity index is 534. The maximum Gasteiger partial charge on any atom is 0.310 e. The Morgan fingerprint density at radius 3 is 2.55 bits per heavy atom. The van der Waals surface area contributed by atoms with Crippen molar-refractivity contribution in [2.24, 2.45) is 5.92 Å². The number of hydrogen-bond acceptors (Lipinski definition) is 4. The van der Waals surface area contributed by atoms with E-state index in [1.807, 2.05) is 0 Å². The van der Waals surface area contributed by atoms with E-state index in [0.717, 1.165) is 0 Å². The molecular formula is C15H19Cl2NO4. The van der Waals surface area contributed by atoms with E-state index in [1.165, 1.54) is 6.07 Å². The lowest BCUT2D eigenvalue weighted by molar-refractivity contribution is -0.151. The summed E-state index contributed by atoms with van der Waals surface area (Å²) in [5, 5.41) is 3.43. The average molecular weight is 348 g/mol. The van der Waals surface area contributed by atoms with Gasteiger partial charge in [0.15, 0.2) is 6.61 Å². The molecule has 1 rings (SSSR count). The minimum atomic E-state index is -0.430.